The molecule has 3 saturated carbocycles. The molecule has 0 spiro atoms. The van der Waals surface area contributed by atoms with Gasteiger partial charge in [-0.05, 0) is 42.9 Å². The maximum Gasteiger partial charge on any atom is 0.0451 e. The van der Waals surface area contributed by atoms with Gasteiger partial charge >= 0.3 is 0 Å². The van der Waals surface area contributed by atoms with E-state index in [-0.39, 0.29) is 5.92 Å². The molecule has 3 aliphatic carbocycles. The molecular formula is C15H23O2-. The molecule has 2 heteroatoms. The van der Waals surface area contributed by atoms with Gasteiger partial charge in [0.2, 0.25) is 0 Å². The maximum atomic E-state index is 11.6. The number of hydrogen-bond acceptors (Lipinski definition) is 2. The van der Waals surface area contributed by atoms with Crippen LogP contribution in [-0.4, -0.2) is 5.97 Å². The van der Waals surface area contributed by atoms with E-state index in [1.807, 2.05) is 0 Å². The van der Waals surface area contributed by atoms with Gasteiger partial charge in [0.25, 0.3) is 0 Å². The van der Waals surface area contributed by atoms with E-state index in [0.29, 0.717) is 23.7 Å². The molecule has 4 atom stereocenters. The number of fused-ring (bicyclic) bond motifs is 2. The molecule has 0 amide bonds. The van der Waals surface area contributed by atoms with Crippen LogP contribution in [0.5, 0.6) is 0 Å². The molecule has 0 N–H and O–H groups in total. The van der Waals surface area contributed by atoms with E-state index in [4.69, 9.17) is 0 Å². The Morgan fingerprint density at radius 2 is 1.29 bits per heavy atom. The molecule has 0 aromatic rings. The molecule has 0 aromatic heterocycles. The van der Waals surface area contributed by atoms with Crippen LogP contribution < -0.4 is 5.11 Å². The summed E-state index contributed by atoms with van der Waals surface area (Å²) < 4.78 is 0. The molecule has 4 unspecified atom stereocenters. The zero-order chi connectivity index (χ0) is 11.8. The maximum absolute atomic E-state index is 11.6. The van der Waals surface area contributed by atoms with Gasteiger partial charge < -0.3 is 9.90 Å². The first kappa shape index (κ1) is 11.6. The van der Waals surface area contributed by atoms with Crippen LogP contribution in [0, 0.1) is 29.6 Å². The monoisotopic (exact) mass is 235 g/mol. The minimum atomic E-state index is -0.737. The smallest absolute Gasteiger partial charge is 0.0451 e. The van der Waals surface area contributed by atoms with Crippen molar-refractivity contribution < 1.29 is 9.90 Å². The normalized spacial score (nSPS) is 45.8. The third-order valence-corrected chi connectivity index (χ3v) is 5.74. The van der Waals surface area contributed by atoms with Crippen LogP contribution in [0.25, 0.3) is 0 Å². The van der Waals surface area contributed by atoms with Gasteiger partial charge in [-0.1, -0.05) is 38.5 Å². The summed E-state index contributed by atoms with van der Waals surface area (Å²) in [6, 6.07) is 0. The second-order valence-electron chi connectivity index (χ2n) is 6.50. The fraction of sp³-hybridized carbons (Fsp3) is 0.933. The number of aliphatic carboxylic acids is 1. The predicted molar refractivity (Wildman–Crippen MR) is 64.0 cm³/mol. The van der Waals surface area contributed by atoms with E-state index in [9.17, 15) is 9.90 Å². The number of carbonyl (C=O) groups is 1. The Hall–Kier alpha value is -0.530. The first-order valence-corrected chi connectivity index (χ1v) is 7.48. The summed E-state index contributed by atoms with van der Waals surface area (Å²) in [6.45, 7) is 0. The molecule has 0 aliphatic heterocycles. The molecule has 0 radical (unpaired) electrons. The van der Waals surface area contributed by atoms with Gasteiger partial charge in [0, 0.05) is 11.9 Å². The first-order chi connectivity index (χ1) is 8.27. The second-order valence-corrected chi connectivity index (χ2v) is 6.50. The molecule has 0 aromatic carbocycles. The van der Waals surface area contributed by atoms with Crippen LogP contribution in [0.1, 0.15) is 57.8 Å². The van der Waals surface area contributed by atoms with Crippen LogP contribution in [0.3, 0.4) is 0 Å². The van der Waals surface area contributed by atoms with E-state index in [1.165, 1.54) is 44.9 Å². The predicted octanol–water partition coefficient (Wildman–Crippen LogP) is 2.37. The zero-order valence-corrected chi connectivity index (χ0v) is 10.6. The topological polar surface area (TPSA) is 40.1 Å². The quantitative estimate of drug-likeness (QED) is 0.700. The molecule has 3 aliphatic rings. The molecule has 0 saturated heterocycles. The second kappa shape index (κ2) is 4.62. The van der Waals surface area contributed by atoms with Crippen LogP contribution in [0.2, 0.25) is 0 Å². The lowest BCUT2D eigenvalue weighted by molar-refractivity contribution is -0.319. The summed E-state index contributed by atoms with van der Waals surface area (Å²) in [5.74, 6) is 1.45. The van der Waals surface area contributed by atoms with Gasteiger partial charge in [0.15, 0.2) is 0 Å². The lowest BCUT2D eigenvalue weighted by atomic mass is 9.55. The van der Waals surface area contributed by atoms with E-state index in [1.54, 1.807) is 0 Å². The van der Waals surface area contributed by atoms with Crippen molar-refractivity contribution in [2.24, 2.45) is 29.6 Å². The molecule has 3 rings (SSSR count). The molecule has 2 nitrogen and oxygen atoms in total. The largest absolute Gasteiger partial charge is 0.550 e. The van der Waals surface area contributed by atoms with Crippen molar-refractivity contribution >= 4 is 5.97 Å². The van der Waals surface area contributed by atoms with Gasteiger partial charge in [-0.3, -0.25) is 0 Å². The standard InChI is InChI=1S/C15H24O2/c16-15(17)14-12-7-3-1-5-10(12)9-11-6-2-4-8-13(11)14/h10-14H,1-9H2,(H,16,17)/p-1. The highest BCUT2D eigenvalue weighted by atomic mass is 16.4. The lowest BCUT2D eigenvalue weighted by Crippen LogP contribution is -2.50. The van der Waals surface area contributed by atoms with Crippen molar-refractivity contribution in [3.63, 3.8) is 0 Å². The van der Waals surface area contributed by atoms with Crippen molar-refractivity contribution in [3.05, 3.63) is 0 Å². The summed E-state index contributed by atoms with van der Waals surface area (Å²) in [5, 5.41) is 11.6. The Labute approximate surface area is 104 Å². The summed E-state index contributed by atoms with van der Waals surface area (Å²) >= 11 is 0. The van der Waals surface area contributed by atoms with Gasteiger partial charge in [-0.15, -0.1) is 0 Å². The fourth-order valence-electron chi connectivity index (χ4n) is 5.06. The Balaban J connectivity index is 1.85. The molecular weight excluding hydrogens is 212 g/mol. The van der Waals surface area contributed by atoms with Gasteiger partial charge in [-0.2, -0.15) is 0 Å². The number of carboxylic acid groups (broad SMARTS) is 1. The van der Waals surface area contributed by atoms with Crippen molar-refractivity contribution in [1.82, 2.24) is 0 Å². The average molecular weight is 235 g/mol. The molecule has 0 heterocycles. The van der Waals surface area contributed by atoms with Gasteiger partial charge in [0.1, 0.15) is 0 Å². The Kier molecular flexibility index (Phi) is 3.14. The van der Waals surface area contributed by atoms with Crippen molar-refractivity contribution in [2.45, 2.75) is 57.8 Å². The van der Waals surface area contributed by atoms with Crippen LogP contribution in [-0.2, 0) is 4.79 Å². The summed E-state index contributed by atoms with van der Waals surface area (Å²) in [4.78, 5) is 11.6. The minimum Gasteiger partial charge on any atom is -0.550 e. The average Bonchev–Trinajstić information content (AvgIpc) is 2.35. The number of hydrogen-bond donors (Lipinski definition) is 0. The van der Waals surface area contributed by atoms with Crippen molar-refractivity contribution in [3.8, 4) is 0 Å². The first-order valence-electron chi connectivity index (χ1n) is 7.48. The van der Waals surface area contributed by atoms with Crippen LogP contribution >= 0.6 is 0 Å². The lowest BCUT2D eigenvalue weighted by Gasteiger charge is -2.51. The zero-order valence-electron chi connectivity index (χ0n) is 10.6. The van der Waals surface area contributed by atoms with Gasteiger partial charge in [-0.25, -0.2) is 0 Å². The molecule has 96 valence electrons. The molecule has 0 bridgehead atoms. The van der Waals surface area contributed by atoms with Crippen LogP contribution in [0.15, 0.2) is 0 Å². The van der Waals surface area contributed by atoms with Gasteiger partial charge in [0.05, 0.1) is 0 Å². The third-order valence-electron chi connectivity index (χ3n) is 5.74. The fourth-order valence-corrected chi connectivity index (χ4v) is 5.06. The summed E-state index contributed by atoms with van der Waals surface area (Å²) in [7, 11) is 0. The minimum absolute atomic E-state index is 0.112. The molecule has 3 fully saturated rings. The van der Waals surface area contributed by atoms with E-state index in [0.717, 1.165) is 12.8 Å². The number of carbonyl (C=O) groups excluding carboxylic acids is 1. The van der Waals surface area contributed by atoms with E-state index >= 15 is 0 Å². The van der Waals surface area contributed by atoms with Crippen molar-refractivity contribution in [2.75, 3.05) is 0 Å². The highest BCUT2D eigenvalue weighted by Crippen LogP contribution is 2.52. The highest BCUT2D eigenvalue weighted by molar-refractivity contribution is 5.68. The number of carboxylic acids is 1. The Morgan fingerprint density at radius 1 is 0.824 bits per heavy atom. The molecule has 17 heavy (non-hydrogen) atoms. The van der Waals surface area contributed by atoms with E-state index in [2.05, 4.69) is 0 Å². The van der Waals surface area contributed by atoms with Crippen LogP contribution in [0.4, 0.5) is 0 Å². The van der Waals surface area contributed by atoms with E-state index < -0.39 is 5.97 Å². The SMILES string of the molecule is O=C([O-])C1C2CCCCC2CC2CCCCC21. The highest BCUT2D eigenvalue weighted by Gasteiger charge is 2.46. The summed E-state index contributed by atoms with van der Waals surface area (Å²) in [5.41, 5.74) is 0. The number of rotatable bonds is 1. The van der Waals surface area contributed by atoms with Crippen molar-refractivity contribution in [1.29, 1.82) is 0 Å². The summed E-state index contributed by atoms with van der Waals surface area (Å²) in [6.07, 6.45) is 11.3. The third kappa shape index (κ3) is 2.00. The Morgan fingerprint density at radius 3 is 1.76 bits per heavy atom. The Bertz CT molecular complexity index is 277.